The number of phenolic OH excluding ortho intramolecular Hbond substituents is 1. The minimum atomic E-state index is -0.698. The molecule has 0 amide bonds. The molecule has 30 heavy (non-hydrogen) atoms. The van der Waals surface area contributed by atoms with Gasteiger partial charge in [-0.3, -0.25) is 15.1 Å². The van der Waals surface area contributed by atoms with E-state index < -0.39 is 16.4 Å². The van der Waals surface area contributed by atoms with Crippen molar-refractivity contribution in [3.63, 3.8) is 0 Å². The number of nitrogens with zero attached hydrogens (tertiary/aromatic N) is 3. The van der Waals surface area contributed by atoms with E-state index in [0.29, 0.717) is 11.6 Å². The Hall–Kier alpha value is -3.71. The van der Waals surface area contributed by atoms with Crippen molar-refractivity contribution in [3.8, 4) is 17.2 Å². The summed E-state index contributed by atoms with van der Waals surface area (Å²) in [6.45, 7) is 4.05. The number of hydrogen-bond donors (Lipinski definition) is 1. The molecule has 0 saturated carbocycles. The lowest BCUT2D eigenvalue weighted by atomic mass is 10.1. The molecule has 0 atom stereocenters. The molecule has 3 aromatic carbocycles. The third-order valence-electron chi connectivity index (χ3n) is 4.75. The third-order valence-corrected chi connectivity index (χ3v) is 4.97. The van der Waals surface area contributed by atoms with E-state index in [1.807, 2.05) is 38.1 Å². The van der Waals surface area contributed by atoms with Crippen LogP contribution >= 0.6 is 11.6 Å². The smallest absolute Gasteiger partial charge is 0.312 e. The summed E-state index contributed by atoms with van der Waals surface area (Å²) >= 11 is 5.89. The highest BCUT2D eigenvalue weighted by Crippen LogP contribution is 2.33. The number of aryl methyl sites for hydroxylation is 2. The Balaban J connectivity index is 1.61. The molecule has 0 aliphatic heterocycles. The topological polar surface area (TPSA) is 102 Å². The van der Waals surface area contributed by atoms with Crippen molar-refractivity contribution in [1.29, 1.82) is 0 Å². The first kappa shape index (κ1) is 19.6. The first-order valence-electron chi connectivity index (χ1n) is 9.01. The molecule has 1 N–H and O–H groups in total. The Morgan fingerprint density at radius 1 is 1.13 bits per heavy atom. The molecule has 0 fully saturated rings. The van der Waals surface area contributed by atoms with Crippen molar-refractivity contribution in [1.82, 2.24) is 4.98 Å². The molecule has 0 aliphatic carbocycles. The summed E-state index contributed by atoms with van der Waals surface area (Å²) in [6, 6.07) is 13.6. The molecule has 1 aromatic heterocycles. The fourth-order valence-electron chi connectivity index (χ4n) is 2.98. The van der Waals surface area contributed by atoms with Gasteiger partial charge < -0.3 is 9.52 Å². The maximum absolute atomic E-state index is 11.0. The number of hydrogen-bond acceptors (Lipinski definition) is 6. The van der Waals surface area contributed by atoms with Gasteiger partial charge in [0.05, 0.1) is 10.6 Å². The number of oxazole rings is 1. The second kappa shape index (κ2) is 7.61. The van der Waals surface area contributed by atoms with E-state index in [0.717, 1.165) is 33.9 Å². The quantitative estimate of drug-likeness (QED) is 0.242. The van der Waals surface area contributed by atoms with E-state index in [2.05, 4.69) is 9.98 Å². The van der Waals surface area contributed by atoms with Gasteiger partial charge in [0.15, 0.2) is 5.58 Å². The van der Waals surface area contributed by atoms with Gasteiger partial charge >= 0.3 is 5.69 Å². The second-order valence-electron chi connectivity index (χ2n) is 6.85. The van der Waals surface area contributed by atoms with Crippen LogP contribution < -0.4 is 0 Å². The Labute approximate surface area is 176 Å². The highest BCUT2D eigenvalue weighted by molar-refractivity contribution is 6.31. The summed E-state index contributed by atoms with van der Waals surface area (Å²) < 4.78 is 5.86. The predicted molar refractivity (Wildman–Crippen MR) is 116 cm³/mol. The Bertz CT molecular complexity index is 1270. The van der Waals surface area contributed by atoms with Gasteiger partial charge in [0.25, 0.3) is 0 Å². The first-order valence-corrected chi connectivity index (χ1v) is 9.39. The molecule has 0 aliphatic rings. The van der Waals surface area contributed by atoms with Crippen LogP contribution in [0.5, 0.6) is 5.75 Å². The Morgan fingerprint density at radius 2 is 1.83 bits per heavy atom. The second-order valence-corrected chi connectivity index (χ2v) is 7.28. The highest BCUT2D eigenvalue weighted by atomic mass is 35.5. The molecule has 4 aromatic rings. The molecule has 0 saturated heterocycles. The van der Waals surface area contributed by atoms with Crippen molar-refractivity contribution in [3.05, 3.63) is 80.4 Å². The Kier molecular flexibility index (Phi) is 4.97. The van der Waals surface area contributed by atoms with Crippen LogP contribution in [-0.2, 0) is 0 Å². The van der Waals surface area contributed by atoms with Gasteiger partial charge in [0.2, 0.25) is 11.6 Å². The molecule has 1 heterocycles. The van der Waals surface area contributed by atoms with Crippen LogP contribution in [-0.4, -0.2) is 21.2 Å². The largest absolute Gasteiger partial charge is 0.502 e. The molecule has 7 nitrogen and oxygen atoms in total. The van der Waals surface area contributed by atoms with Crippen molar-refractivity contribution < 1.29 is 14.4 Å². The van der Waals surface area contributed by atoms with Crippen LogP contribution in [0.3, 0.4) is 0 Å². The summed E-state index contributed by atoms with van der Waals surface area (Å²) in [6.07, 6.45) is 1.33. The van der Waals surface area contributed by atoms with Crippen molar-refractivity contribution in [2.75, 3.05) is 0 Å². The Morgan fingerprint density at radius 3 is 2.53 bits per heavy atom. The number of rotatable bonds is 4. The number of nitro groups is 1. The number of aromatic nitrogens is 1. The molecule has 0 radical (unpaired) electrons. The van der Waals surface area contributed by atoms with Gasteiger partial charge in [-0.25, -0.2) is 4.98 Å². The molecule has 0 spiro atoms. The molecule has 8 heteroatoms. The average Bonchev–Trinajstić information content (AvgIpc) is 3.11. The van der Waals surface area contributed by atoms with Crippen molar-refractivity contribution in [2.24, 2.45) is 4.99 Å². The number of benzene rings is 3. The van der Waals surface area contributed by atoms with Crippen molar-refractivity contribution >= 4 is 40.3 Å². The fraction of sp³-hybridized carbons (Fsp3) is 0.0909. The number of halogens is 1. The van der Waals surface area contributed by atoms with E-state index in [1.165, 1.54) is 12.3 Å². The van der Waals surface area contributed by atoms with Crippen LogP contribution in [0.2, 0.25) is 5.02 Å². The van der Waals surface area contributed by atoms with Gasteiger partial charge in [-0.2, -0.15) is 0 Å². The lowest BCUT2D eigenvalue weighted by molar-refractivity contribution is -0.385. The van der Waals surface area contributed by atoms with Gasteiger partial charge in [-0.15, -0.1) is 0 Å². The molecular weight excluding hydrogens is 406 g/mol. The lowest BCUT2D eigenvalue weighted by Crippen LogP contribution is -1.92. The zero-order valence-electron chi connectivity index (χ0n) is 16.1. The molecule has 0 unspecified atom stereocenters. The van der Waals surface area contributed by atoms with Crippen LogP contribution in [0, 0.1) is 24.0 Å². The van der Waals surface area contributed by atoms with E-state index in [-0.39, 0.29) is 10.6 Å². The molecule has 4 rings (SSSR count). The normalized spacial score (nSPS) is 11.4. The van der Waals surface area contributed by atoms with Gasteiger partial charge in [0, 0.05) is 28.4 Å². The third kappa shape index (κ3) is 3.75. The predicted octanol–water partition coefficient (Wildman–Crippen LogP) is 6.13. The lowest BCUT2D eigenvalue weighted by Gasteiger charge is -2.02. The van der Waals surface area contributed by atoms with E-state index in [1.54, 1.807) is 12.1 Å². The van der Waals surface area contributed by atoms with Crippen molar-refractivity contribution in [2.45, 2.75) is 13.8 Å². The molecule has 150 valence electrons. The number of fused-ring (bicyclic) bond motifs is 1. The minimum Gasteiger partial charge on any atom is -0.502 e. The molecule has 0 bridgehead atoms. The summed E-state index contributed by atoms with van der Waals surface area (Å²) in [7, 11) is 0. The maximum Gasteiger partial charge on any atom is 0.312 e. The summed E-state index contributed by atoms with van der Waals surface area (Å²) in [5, 5.41) is 21.2. The minimum absolute atomic E-state index is 0.137. The van der Waals surface area contributed by atoms with Crippen LogP contribution in [0.25, 0.3) is 22.6 Å². The number of aromatic hydroxyl groups is 1. The summed E-state index contributed by atoms with van der Waals surface area (Å²) in [5.74, 6) is 0.0236. The van der Waals surface area contributed by atoms with Crippen LogP contribution in [0.15, 0.2) is 57.9 Å². The number of nitro benzene ring substituents is 1. The first-order chi connectivity index (χ1) is 14.3. The standard InChI is InChI=1S/C22H16ClN3O4/c1-12-7-18-20(8-13(12)2)30-22(25-18)14-3-5-17(6-4-14)24-11-15-9-16(23)10-19(21(15)27)26(28)29/h3-11,27H,1-2H3. The maximum atomic E-state index is 11.0. The highest BCUT2D eigenvalue weighted by Gasteiger charge is 2.17. The zero-order valence-corrected chi connectivity index (χ0v) is 16.8. The van der Waals surface area contributed by atoms with E-state index in [4.69, 9.17) is 16.0 Å². The summed E-state index contributed by atoms with van der Waals surface area (Å²) in [4.78, 5) is 19.1. The summed E-state index contributed by atoms with van der Waals surface area (Å²) in [5.41, 5.74) is 4.88. The SMILES string of the molecule is Cc1cc2nc(-c3ccc(N=Cc4cc(Cl)cc([N+](=O)[O-])c4O)cc3)oc2cc1C. The number of phenols is 1. The van der Waals surface area contributed by atoms with Gasteiger partial charge in [-0.1, -0.05) is 11.6 Å². The fourth-order valence-corrected chi connectivity index (χ4v) is 3.20. The van der Waals surface area contributed by atoms with Gasteiger partial charge in [0.1, 0.15) is 5.52 Å². The van der Waals surface area contributed by atoms with Gasteiger partial charge in [-0.05, 0) is 67.4 Å². The number of aliphatic imine (C=N–C) groups is 1. The average molecular weight is 422 g/mol. The molecular formula is C22H16ClN3O4. The van der Waals surface area contributed by atoms with E-state index in [9.17, 15) is 15.2 Å². The zero-order chi connectivity index (χ0) is 21.4. The van der Waals surface area contributed by atoms with Crippen LogP contribution in [0.4, 0.5) is 11.4 Å². The van der Waals surface area contributed by atoms with Crippen LogP contribution in [0.1, 0.15) is 16.7 Å². The monoisotopic (exact) mass is 421 g/mol. The van der Waals surface area contributed by atoms with E-state index >= 15 is 0 Å².